The number of rotatable bonds is 4. The van der Waals surface area contributed by atoms with Crippen LogP contribution in [0.5, 0.6) is 0 Å². The van der Waals surface area contributed by atoms with E-state index in [9.17, 15) is 4.79 Å². The predicted molar refractivity (Wildman–Crippen MR) is 114 cm³/mol. The lowest BCUT2D eigenvalue weighted by molar-refractivity contribution is 0.172. The van der Waals surface area contributed by atoms with Crippen LogP contribution in [-0.2, 0) is 13.1 Å². The second-order valence-electron chi connectivity index (χ2n) is 7.62. The van der Waals surface area contributed by atoms with Crippen LogP contribution in [0.4, 0.5) is 0 Å². The summed E-state index contributed by atoms with van der Waals surface area (Å²) in [5.41, 5.74) is 3.62. The highest BCUT2D eigenvalue weighted by atomic mass is 35.5. The first kappa shape index (κ1) is 18.5. The van der Waals surface area contributed by atoms with Crippen molar-refractivity contribution in [3.05, 3.63) is 63.9 Å². The number of benzene rings is 2. The molecule has 2 aromatic carbocycles. The Hall–Kier alpha value is -2.57. The van der Waals surface area contributed by atoms with Gasteiger partial charge in [0.15, 0.2) is 5.58 Å². The number of hydrogen-bond acceptors (Lipinski definition) is 4. The van der Waals surface area contributed by atoms with Crippen LogP contribution in [0.3, 0.4) is 0 Å². The maximum atomic E-state index is 12.4. The summed E-state index contributed by atoms with van der Waals surface area (Å²) in [6.45, 7) is 5.71. The highest BCUT2D eigenvalue weighted by molar-refractivity contribution is 6.31. The number of aromatic nitrogens is 3. The van der Waals surface area contributed by atoms with E-state index in [1.165, 1.54) is 5.52 Å². The van der Waals surface area contributed by atoms with Crippen LogP contribution in [0.15, 0.2) is 51.7 Å². The zero-order valence-electron chi connectivity index (χ0n) is 16.3. The molecule has 2 aromatic heterocycles. The van der Waals surface area contributed by atoms with E-state index in [4.69, 9.17) is 21.0 Å². The highest BCUT2D eigenvalue weighted by Crippen LogP contribution is 2.28. The minimum atomic E-state index is -0.298. The fourth-order valence-corrected chi connectivity index (χ4v) is 4.65. The molecular formula is C22H23ClN4O2. The average Bonchev–Trinajstić information content (AvgIpc) is 3.24. The van der Waals surface area contributed by atoms with Crippen molar-refractivity contribution < 1.29 is 4.42 Å². The summed E-state index contributed by atoms with van der Waals surface area (Å²) < 4.78 is 9.48. The van der Waals surface area contributed by atoms with Gasteiger partial charge in [0.2, 0.25) is 0 Å². The van der Waals surface area contributed by atoms with Crippen LogP contribution in [-0.4, -0.2) is 32.1 Å². The van der Waals surface area contributed by atoms with Crippen LogP contribution in [0.1, 0.15) is 31.6 Å². The maximum Gasteiger partial charge on any atom is 0.420 e. The lowest BCUT2D eigenvalue weighted by Crippen LogP contribution is -2.36. The van der Waals surface area contributed by atoms with Crippen molar-refractivity contribution in [3.8, 4) is 0 Å². The second kappa shape index (κ2) is 7.35. The van der Waals surface area contributed by atoms with Gasteiger partial charge in [-0.3, -0.25) is 9.47 Å². The molecular weight excluding hydrogens is 388 g/mol. The van der Waals surface area contributed by atoms with Crippen molar-refractivity contribution in [2.24, 2.45) is 0 Å². The van der Waals surface area contributed by atoms with Crippen LogP contribution in [0, 0.1) is 0 Å². The standard InChI is InChI=1S/C22H23ClN4O2/c1-2-26-18-6-4-3-5-17(18)24-21(26)14-25-11-9-16(10-12-25)27-19-13-15(23)7-8-20(19)29-22(27)28/h3-8,13,16H,2,9-12,14H2,1H3. The lowest BCUT2D eigenvalue weighted by atomic mass is 10.0. The summed E-state index contributed by atoms with van der Waals surface area (Å²) in [5, 5.41) is 0.614. The van der Waals surface area contributed by atoms with Gasteiger partial charge in [-0.05, 0) is 50.1 Å². The van der Waals surface area contributed by atoms with Gasteiger partial charge in [0.05, 0.1) is 23.1 Å². The Morgan fingerprint density at radius 2 is 1.93 bits per heavy atom. The van der Waals surface area contributed by atoms with E-state index in [0.29, 0.717) is 10.6 Å². The second-order valence-corrected chi connectivity index (χ2v) is 8.05. The molecule has 0 radical (unpaired) electrons. The first-order valence-corrected chi connectivity index (χ1v) is 10.5. The molecule has 1 aliphatic heterocycles. The molecule has 3 heterocycles. The van der Waals surface area contributed by atoms with Crippen LogP contribution in [0.2, 0.25) is 5.02 Å². The number of nitrogens with zero attached hydrogens (tertiary/aromatic N) is 4. The van der Waals surface area contributed by atoms with Gasteiger partial charge >= 0.3 is 5.76 Å². The zero-order valence-corrected chi connectivity index (χ0v) is 17.1. The molecule has 1 fully saturated rings. The monoisotopic (exact) mass is 410 g/mol. The van der Waals surface area contributed by atoms with Crippen LogP contribution < -0.4 is 5.76 Å². The van der Waals surface area contributed by atoms with Crippen LogP contribution >= 0.6 is 11.6 Å². The average molecular weight is 411 g/mol. The molecule has 1 aliphatic rings. The van der Waals surface area contributed by atoms with Crippen molar-refractivity contribution in [3.63, 3.8) is 0 Å². The van der Waals surface area contributed by atoms with Crippen molar-refractivity contribution in [1.82, 2.24) is 19.0 Å². The van der Waals surface area contributed by atoms with E-state index < -0.39 is 0 Å². The quantitative estimate of drug-likeness (QED) is 0.498. The molecule has 29 heavy (non-hydrogen) atoms. The molecule has 6 nitrogen and oxygen atoms in total. The number of likely N-dealkylation sites (tertiary alicyclic amines) is 1. The summed E-state index contributed by atoms with van der Waals surface area (Å²) in [7, 11) is 0. The molecule has 0 amide bonds. The van der Waals surface area contributed by atoms with Gasteiger partial charge in [0.1, 0.15) is 5.82 Å². The molecule has 0 spiro atoms. The van der Waals surface area contributed by atoms with E-state index >= 15 is 0 Å². The van der Waals surface area contributed by atoms with E-state index in [1.807, 2.05) is 12.1 Å². The number of oxazole rings is 1. The zero-order chi connectivity index (χ0) is 20.0. The van der Waals surface area contributed by atoms with Gasteiger partial charge in [-0.1, -0.05) is 23.7 Å². The Kier molecular flexibility index (Phi) is 4.68. The molecule has 1 saturated heterocycles. The summed E-state index contributed by atoms with van der Waals surface area (Å²) in [6, 6.07) is 13.7. The minimum absolute atomic E-state index is 0.128. The van der Waals surface area contributed by atoms with Gasteiger partial charge < -0.3 is 8.98 Å². The normalized spacial score (nSPS) is 16.2. The molecule has 0 atom stereocenters. The topological polar surface area (TPSA) is 56.2 Å². The fraction of sp³-hybridized carbons (Fsp3) is 0.364. The number of halogens is 1. The molecule has 0 unspecified atom stereocenters. The number of fused-ring (bicyclic) bond motifs is 2. The SMILES string of the molecule is CCn1c(CN2CCC(n3c(=O)oc4ccc(Cl)cc43)CC2)nc2ccccc21. The molecule has 150 valence electrons. The van der Waals surface area contributed by atoms with Gasteiger partial charge in [-0.15, -0.1) is 0 Å². The number of hydrogen-bond donors (Lipinski definition) is 0. The van der Waals surface area contributed by atoms with E-state index in [0.717, 1.165) is 55.9 Å². The van der Waals surface area contributed by atoms with Crippen molar-refractivity contribution in [1.29, 1.82) is 0 Å². The van der Waals surface area contributed by atoms with Gasteiger partial charge in [0.25, 0.3) is 0 Å². The minimum Gasteiger partial charge on any atom is -0.408 e. The summed E-state index contributed by atoms with van der Waals surface area (Å²) >= 11 is 6.14. The fourth-order valence-electron chi connectivity index (χ4n) is 4.49. The molecule has 0 saturated carbocycles. The number of imidazole rings is 1. The van der Waals surface area contributed by atoms with Crippen molar-refractivity contribution in [2.45, 2.75) is 38.9 Å². The predicted octanol–water partition coefficient (Wildman–Crippen LogP) is 4.45. The Morgan fingerprint density at radius 1 is 1.14 bits per heavy atom. The number of piperidine rings is 1. The van der Waals surface area contributed by atoms with Crippen molar-refractivity contribution >= 4 is 33.7 Å². The lowest BCUT2D eigenvalue weighted by Gasteiger charge is -2.32. The largest absolute Gasteiger partial charge is 0.420 e. The number of para-hydroxylation sites is 2. The molecule has 0 aliphatic carbocycles. The molecule has 0 bridgehead atoms. The summed E-state index contributed by atoms with van der Waals surface area (Å²) in [4.78, 5) is 19.7. The van der Waals surface area contributed by atoms with E-state index in [2.05, 4.69) is 34.6 Å². The Morgan fingerprint density at radius 3 is 2.72 bits per heavy atom. The third kappa shape index (κ3) is 3.26. The van der Waals surface area contributed by atoms with Crippen molar-refractivity contribution in [2.75, 3.05) is 13.1 Å². The third-order valence-corrected chi connectivity index (χ3v) is 6.15. The van der Waals surface area contributed by atoms with Crippen LogP contribution in [0.25, 0.3) is 22.1 Å². The maximum absolute atomic E-state index is 12.4. The first-order chi connectivity index (χ1) is 14.1. The Balaban J connectivity index is 1.35. The smallest absolute Gasteiger partial charge is 0.408 e. The first-order valence-electron chi connectivity index (χ1n) is 10.1. The Labute approximate surface area is 173 Å². The summed E-state index contributed by atoms with van der Waals surface area (Å²) in [6.07, 6.45) is 1.79. The number of aryl methyl sites for hydroxylation is 1. The van der Waals surface area contributed by atoms with Gasteiger partial charge in [0, 0.05) is 30.7 Å². The summed E-state index contributed by atoms with van der Waals surface area (Å²) in [5.74, 6) is 0.804. The third-order valence-electron chi connectivity index (χ3n) is 5.91. The molecule has 7 heteroatoms. The molecule has 4 aromatic rings. The van der Waals surface area contributed by atoms with E-state index in [-0.39, 0.29) is 11.8 Å². The molecule has 5 rings (SSSR count). The van der Waals surface area contributed by atoms with Gasteiger partial charge in [-0.25, -0.2) is 9.78 Å². The molecule has 0 N–H and O–H groups in total. The highest BCUT2D eigenvalue weighted by Gasteiger charge is 2.25. The Bertz CT molecular complexity index is 1230. The van der Waals surface area contributed by atoms with Gasteiger partial charge in [-0.2, -0.15) is 0 Å². The van der Waals surface area contributed by atoms with E-state index in [1.54, 1.807) is 16.7 Å².